The Morgan fingerprint density at radius 2 is 2.29 bits per heavy atom. The number of aryl methyl sites for hydroxylation is 1. The van der Waals surface area contributed by atoms with E-state index in [1.807, 2.05) is 0 Å². The van der Waals surface area contributed by atoms with E-state index >= 15 is 0 Å². The fraction of sp³-hybridized carbons (Fsp3) is 0.500. The summed E-state index contributed by atoms with van der Waals surface area (Å²) in [6.45, 7) is 0. The van der Waals surface area contributed by atoms with Crippen molar-refractivity contribution < 1.29 is 4.79 Å². The van der Waals surface area contributed by atoms with Gasteiger partial charge < -0.3 is 15.6 Å². The number of nitrogens with zero attached hydrogens (tertiary/aromatic N) is 1. The third-order valence-electron chi connectivity index (χ3n) is 3.25. The average molecular weight is 235 g/mol. The van der Waals surface area contributed by atoms with Gasteiger partial charge in [0.2, 0.25) is 0 Å². The summed E-state index contributed by atoms with van der Waals surface area (Å²) >= 11 is 0. The van der Waals surface area contributed by atoms with Crippen molar-refractivity contribution in [3.8, 4) is 0 Å². The number of carbonyl (C=O) groups excluding carboxylic acids is 1. The Bertz CT molecular complexity index is 481. The number of amides is 1. The number of aromatic nitrogens is 1. The van der Waals surface area contributed by atoms with Crippen LogP contribution < -0.4 is 16.6 Å². The molecule has 1 fully saturated rings. The lowest BCUT2D eigenvalue weighted by atomic mass is 10.1. The molecule has 5 nitrogen and oxygen atoms in total. The number of hydrogen-bond donors (Lipinski definition) is 2. The van der Waals surface area contributed by atoms with Crippen molar-refractivity contribution in [3.63, 3.8) is 0 Å². The van der Waals surface area contributed by atoms with Gasteiger partial charge >= 0.3 is 0 Å². The zero-order chi connectivity index (χ0) is 12.4. The third-order valence-corrected chi connectivity index (χ3v) is 3.25. The number of nitrogens with one attached hydrogen (secondary N) is 1. The summed E-state index contributed by atoms with van der Waals surface area (Å²) in [6, 6.07) is 3.05. The van der Waals surface area contributed by atoms with Gasteiger partial charge in [-0.15, -0.1) is 0 Å². The molecule has 17 heavy (non-hydrogen) atoms. The predicted molar refractivity (Wildman–Crippen MR) is 64.8 cm³/mol. The van der Waals surface area contributed by atoms with E-state index in [2.05, 4.69) is 5.32 Å². The lowest BCUT2D eigenvalue weighted by Crippen LogP contribution is -2.44. The van der Waals surface area contributed by atoms with Crippen molar-refractivity contribution in [1.29, 1.82) is 0 Å². The van der Waals surface area contributed by atoms with E-state index in [0.717, 1.165) is 19.3 Å². The largest absolute Gasteiger partial charge is 0.348 e. The van der Waals surface area contributed by atoms with Crippen molar-refractivity contribution in [3.05, 3.63) is 34.2 Å². The quantitative estimate of drug-likeness (QED) is 0.757. The van der Waals surface area contributed by atoms with Crippen LogP contribution in [0.1, 0.15) is 29.6 Å². The Morgan fingerprint density at radius 3 is 2.88 bits per heavy atom. The molecule has 5 heteroatoms. The molecule has 0 bridgehead atoms. The molecule has 1 aromatic heterocycles. The molecule has 92 valence electrons. The van der Waals surface area contributed by atoms with E-state index in [1.54, 1.807) is 19.3 Å². The minimum atomic E-state index is -0.218. The smallest absolute Gasteiger partial charge is 0.251 e. The fourth-order valence-corrected chi connectivity index (χ4v) is 2.11. The Hall–Kier alpha value is -1.62. The molecular weight excluding hydrogens is 218 g/mol. The second-order valence-corrected chi connectivity index (χ2v) is 4.54. The zero-order valence-electron chi connectivity index (χ0n) is 9.85. The van der Waals surface area contributed by atoms with Gasteiger partial charge in [0, 0.05) is 37.0 Å². The van der Waals surface area contributed by atoms with E-state index < -0.39 is 0 Å². The lowest BCUT2D eigenvalue weighted by molar-refractivity contribution is 0.0934. The van der Waals surface area contributed by atoms with Crippen LogP contribution in [0.2, 0.25) is 0 Å². The van der Waals surface area contributed by atoms with Gasteiger partial charge in [-0.1, -0.05) is 0 Å². The Morgan fingerprint density at radius 1 is 1.53 bits per heavy atom. The molecule has 0 aromatic carbocycles. The minimum Gasteiger partial charge on any atom is -0.348 e. The van der Waals surface area contributed by atoms with E-state index in [4.69, 9.17) is 5.73 Å². The van der Waals surface area contributed by atoms with Crippen molar-refractivity contribution in [2.45, 2.75) is 31.3 Å². The molecule has 1 aliphatic carbocycles. The lowest BCUT2D eigenvalue weighted by Gasteiger charge is -2.17. The summed E-state index contributed by atoms with van der Waals surface area (Å²) in [5.74, 6) is -0.218. The van der Waals surface area contributed by atoms with Crippen LogP contribution in [0.15, 0.2) is 23.1 Å². The SMILES string of the molecule is Cn1ccc(C(=O)NC2CCCC2N)cc1=O. The molecule has 0 aliphatic heterocycles. The van der Waals surface area contributed by atoms with E-state index in [-0.39, 0.29) is 23.6 Å². The number of pyridine rings is 1. The first-order chi connectivity index (χ1) is 8.08. The summed E-state index contributed by atoms with van der Waals surface area (Å²) in [7, 11) is 1.65. The van der Waals surface area contributed by atoms with Crippen LogP contribution in [0.4, 0.5) is 0 Å². The van der Waals surface area contributed by atoms with Gasteiger partial charge in [-0.05, 0) is 25.3 Å². The first-order valence-electron chi connectivity index (χ1n) is 5.81. The molecule has 2 rings (SSSR count). The van der Waals surface area contributed by atoms with E-state index in [1.165, 1.54) is 10.6 Å². The molecular formula is C12H17N3O2. The number of nitrogens with two attached hydrogens (primary N) is 1. The van der Waals surface area contributed by atoms with Crippen LogP contribution in [-0.2, 0) is 7.05 Å². The summed E-state index contributed by atoms with van der Waals surface area (Å²) in [6.07, 6.45) is 4.49. The van der Waals surface area contributed by atoms with Crippen LogP contribution in [0.5, 0.6) is 0 Å². The Labute approximate surface area is 99.6 Å². The maximum absolute atomic E-state index is 11.9. The normalized spacial score (nSPS) is 23.6. The first-order valence-corrected chi connectivity index (χ1v) is 5.81. The third kappa shape index (κ3) is 2.55. The molecule has 0 spiro atoms. The molecule has 2 unspecified atom stereocenters. The van der Waals surface area contributed by atoms with Crippen LogP contribution in [-0.4, -0.2) is 22.6 Å². The summed E-state index contributed by atoms with van der Waals surface area (Å²) in [5.41, 5.74) is 6.09. The van der Waals surface area contributed by atoms with Gasteiger partial charge in [0.25, 0.3) is 11.5 Å². The summed E-state index contributed by atoms with van der Waals surface area (Å²) in [4.78, 5) is 23.3. The Kier molecular flexibility index (Phi) is 3.28. The van der Waals surface area contributed by atoms with Crippen molar-refractivity contribution >= 4 is 5.91 Å². The molecule has 1 amide bonds. The van der Waals surface area contributed by atoms with Crippen LogP contribution in [0, 0.1) is 0 Å². The molecule has 0 radical (unpaired) electrons. The second kappa shape index (κ2) is 4.71. The highest BCUT2D eigenvalue weighted by molar-refractivity contribution is 5.94. The topological polar surface area (TPSA) is 77.1 Å². The van der Waals surface area contributed by atoms with Crippen LogP contribution in [0.3, 0.4) is 0 Å². The number of rotatable bonds is 2. The molecule has 1 heterocycles. The van der Waals surface area contributed by atoms with Gasteiger partial charge in [-0.2, -0.15) is 0 Å². The van der Waals surface area contributed by atoms with Crippen molar-refractivity contribution in [2.24, 2.45) is 12.8 Å². The first kappa shape index (κ1) is 11.9. The monoisotopic (exact) mass is 235 g/mol. The molecule has 0 saturated heterocycles. The predicted octanol–water partition coefficient (Wildman–Crippen LogP) is -0.00510. The fourth-order valence-electron chi connectivity index (χ4n) is 2.11. The van der Waals surface area contributed by atoms with E-state index in [0.29, 0.717) is 5.56 Å². The summed E-state index contributed by atoms with van der Waals surface area (Å²) < 4.78 is 1.43. The van der Waals surface area contributed by atoms with Crippen molar-refractivity contribution in [2.75, 3.05) is 0 Å². The standard InChI is InChI=1S/C12H17N3O2/c1-15-6-5-8(7-11(15)16)12(17)14-10-4-2-3-9(10)13/h5-7,9-10H,2-4,13H2,1H3,(H,14,17). The second-order valence-electron chi connectivity index (χ2n) is 4.54. The molecule has 1 aliphatic rings. The highest BCUT2D eigenvalue weighted by Gasteiger charge is 2.25. The van der Waals surface area contributed by atoms with Gasteiger partial charge in [-0.25, -0.2) is 0 Å². The van der Waals surface area contributed by atoms with E-state index in [9.17, 15) is 9.59 Å². The van der Waals surface area contributed by atoms with Gasteiger partial charge in [0.05, 0.1) is 0 Å². The van der Waals surface area contributed by atoms with Crippen molar-refractivity contribution in [1.82, 2.24) is 9.88 Å². The van der Waals surface area contributed by atoms with Crippen LogP contribution in [0.25, 0.3) is 0 Å². The highest BCUT2D eigenvalue weighted by Crippen LogP contribution is 2.17. The minimum absolute atomic E-state index is 0.0329. The summed E-state index contributed by atoms with van der Waals surface area (Å²) in [5, 5.41) is 2.88. The van der Waals surface area contributed by atoms with Gasteiger partial charge in [0.1, 0.15) is 0 Å². The zero-order valence-corrected chi connectivity index (χ0v) is 9.85. The molecule has 1 saturated carbocycles. The maximum atomic E-state index is 11.9. The highest BCUT2D eigenvalue weighted by atomic mass is 16.2. The Balaban J connectivity index is 2.09. The van der Waals surface area contributed by atoms with Crippen LogP contribution >= 0.6 is 0 Å². The van der Waals surface area contributed by atoms with Gasteiger partial charge in [0.15, 0.2) is 0 Å². The maximum Gasteiger partial charge on any atom is 0.251 e. The number of hydrogen-bond acceptors (Lipinski definition) is 3. The molecule has 3 N–H and O–H groups in total. The molecule has 2 atom stereocenters. The van der Waals surface area contributed by atoms with Gasteiger partial charge in [-0.3, -0.25) is 9.59 Å². The molecule has 1 aromatic rings. The number of carbonyl (C=O) groups is 1. The average Bonchev–Trinajstić information content (AvgIpc) is 2.68.